The highest BCUT2D eigenvalue weighted by Crippen LogP contribution is 2.37. The average Bonchev–Trinajstić information content (AvgIpc) is 3.47. The van der Waals surface area contributed by atoms with Crippen LogP contribution in [0.25, 0.3) is 0 Å². The molecule has 0 aromatic heterocycles. The number of hydrogen-bond donors (Lipinski definition) is 1. The maximum atomic E-state index is 13.6. The summed E-state index contributed by atoms with van der Waals surface area (Å²) in [5.41, 5.74) is -1.38. The summed E-state index contributed by atoms with van der Waals surface area (Å²) in [7, 11) is 0. The van der Waals surface area contributed by atoms with E-state index in [1.165, 1.54) is 17.7 Å². The van der Waals surface area contributed by atoms with E-state index in [2.05, 4.69) is 5.32 Å². The van der Waals surface area contributed by atoms with Crippen molar-refractivity contribution in [2.24, 2.45) is 5.92 Å². The van der Waals surface area contributed by atoms with Crippen LogP contribution in [0.4, 0.5) is 22.4 Å². The van der Waals surface area contributed by atoms with Gasteiger partial charge in [-0.05, 0) is 60.7 Å². The molecule has 4 rings (SSSR count). The van der Waals surface area contributed by atoms with Gasteiger partial charge < -0.3 is 10.2 Å². The lowest BCUT2D eigenvalue weighted by molar-refractivity contribution is -0.138. The Morgan fingerprint density at radius 3 is 2.41 bits per heavy atom. The fourth-order valence-corrected chi connectivity index (χ4v) is 5.96. The molecule has 0 radical (unpaired) electrons. The molecular weight excluding hydrogens is 514 g/mol. The van der Waals surface area contributed by atoms with Crippen LogP contribution in [0.3, 0.4) is 0 Å². The van der Waals surface area contributed by atoms with Crippen molar-refractivity contribution in [1.29, 1.82) is 0 Å². The van der Waals surface area contributed by atoms with Gasteiger partial charge in [-0.25, -0.2) is 4.39 Å². The van der Waals surface area contributed by atoms with E-state index in [-0.39, 0.29) is 37.4 Å². The number of piperidine rings is 1. The third kappa shape index (κ3) is 6.34. The van der Waals surface area contributed by atoms with Crippen molar-refractivity contribution in [3.05, 3.63) is 45.6 Å². The van der Waals surface area contributed by atoms with Crippen LogP contribution in [-0.2, 0) is 15.8 Å². The molecule has 2 saturated heterocycles. The number of carbonyl (C=O) groups excluding carboxylic acids is 4. The monoisotopic (exact) mass is 541 g/mol. The molecule has 3 aliphatic rings. The Labute approximate surface area is 215 Å². The van der Waals surface area contributed by atoms with Crippen LogP contribution in [0.2, 0.25) is 0 Å². The zero-order valence-electron chi connectivity index (χ0n) is 20.0. The van der Waals surface area contributed by atoms with Gasteiger partial charge in [0, 0.05) is 19.6 Å². The van der Waals surface area contributed by atoms with Crippen molar-refractivity contribution in [2.75, 3.05) is 26.2 Å². The molecule has 1 aliphatic carbocycles. The molecule has 200 valence electrons. The van der Waals surface area contributed by atoms with Crippen LogP contribution in [0, 0.1) is 11.7 Å². The number of halogens is 4. The molecule has 3 fully saturated rings. The van der Waals surface area contributed by atoms with E-state index in [4.69, 9.17) is 0 Å². The van der Waals surface area contributed by atoms with Crippen LogP contribution in [0.5, 0.6) is 0 Å². The summed E-state index contributed by atoms with van der Waals surface area (Å²) >= 11 is 0.724. The number of hydrogen-bond acceptors (Lipinski definition) is 5. The van der Waals surface area contributed by atoms with E-state index in [1.807, 2.05) is 0 Å². The number of likely N-dealkylation sites (tertiary alicyclic amines) is 1. The van der Waals surface area contributed by atoms with Crippen molar-refractivity contribution in [1.82, 2.24) is 15.1 Å². The average molecular weight is 542 g/mol. The second-order valence-electron chi connectivity index (χ2n) is 9.46. The maximum absolute atomic E-state index is 13.6. The van der Waals surface area contributed by atoms with Crippen molar-refractivity contribution in [3.63, 3.8) is 0 Å². The number of carbonyl (C=O) groups is 4. The molecule has 2 aliphatic heterocycles. The molecule has 0 atom stereocenters. The van der Waals surface area contributed by atoms with Crippen LogP contribution in [-0.4, -0.2) is 58.9 Å². The fourth-order valence-electron chi connectivity index (χ4n) is 4.98. The lowest BCUT2D eigenvalue weighted by atomic mass is 10.00. The van der Waals surface area contributed by atoms with Gasteiger partial charge in [-0.3, -0.25) is 24.1 Å². The van der Waals surface area contributed by atoms with E-state index >= 15 is 0 Å². The number of amides is 4. The van der Waals surface area contributed by atoms with Crippen molar-refractivity contribution < 1.29 is 36.7 Å². The number of alkyl halides is 3. The van der Waals surface area contributed by atoms with Crippen molar-refractivity contribution in [2.45, 2.75) is 51.1 Å². The molecule has 0 spiro atoms. The van der Waals surface area contributed by atoms with E-state index < -0.39 is 46.1 Å². The molecule has 0 unspecified atom stereocenters. The Bertz CT molecular complexity index is 1120. The Kier molecular flexibility index (Phi) is 8.25. The largest absolute Gasteiger partial charge is 0.417 e. The zero-order chi connectivity index (χ0) is 26.7. The number of nitrogens with zero attached hydrogens (tertiary/aromatic N) is 2. The van der Waals surface area contributed by atoms with Crippen molar-refractivity contribution in [3.8, 4) is 0 Å². The first-order valence-corrected chi connectivity index (χ1v) is 13.0. The predicted molar refractivity (Wildman–Crippen MR) is 128 cm³/mol. The first-order chi connectivity index (χ1) is 17.5. The summed E-state index contributed by atoms with van der Waals surface area (Å²) in [6.07, 6.45) is 1.11. The normalized spacial score (nSPS) is 19.2. The molecule has 2 heterocycles. The lowest BCUT2D eigenvalue weighted by Gasteiger charge is -2.30. The van der Waals surface area contributed by atoms with E-state index in [0.29, 0.717) is 36.2 Å². The predicted octanol–water partition coefficient (Wildman–Crippen LogP) is 4.73. The molecule has 1 N–H and O–H groups in total. The number of imide groups is 1. The van der Waals surface area contributed by atoms with Crippen LogP contribution >= 0.6 is 11.8 Å². The van der Waals surface area contributed by atoms with Gasteiger partial charge in [0.2, 0.25) is 5.91 Å². The Balaban J connectivity index is 1.35. The Morgan fingerprint density at radius 2 is 1.76 bits per heavy atom. The Morgan fingerprint density at radius 1 is 1.08 bits per heavy atom. The SMILES string of the molecule is O=C(CN1C(=O)SC(=C2CCN(C(=O)c3cc(F)ccc3C(F)(F)F)CC2)C1=O)NCCC1CCCC1. The topological polar surface area (TPSA) is 86.8 Å². The molecule has 1 saturated carbocycles. The van der Waals surface area contributed by atoms with Gasteiger partial charge in [0.05, 0.1) is 16.0 Å². The summed E-state index contributed by atoms with van der Waals surface area (Å²) in [6.45, 7) is 0.132. The molecule has 4 amide bonds. The highest BCUT2D eigenvalue weighted by molar-refractivity contribution is 8.18. The minimum atomic E-state index is -4.82. The van der Waals surface area contributed by atoms with Gasteiger partial charge in [0.25, 0.3) is 17.1 Å². The molecule has 12 heteroatoms. The summed E-state index contributed by atoms with van der Waals surface area (Å²) in [5.74, 6) is -2.30. The van der Waals surface area contributed by atoms with Crippen LogP contribution in [0.1, 0.15) is 60.9 Å². The first kappa shape index (κ1) is 27.2. The standard InChI is InChI=1S/C25H27F4N3O4S/c26-17-5-6-19(25(27,28)29)18(13-17)22(34)31-11-8-16(9-12-31)21-23(35)32(24(36)37-21)14-20(33)30-10-7-15-3-1-2-4-15/h5-6,13,15H,1-4,7-12,14H2,(H,30,33). The second-order valence-corrected chi connectivity index (χ2v) is 10.4. The minimum Gasteiger partial charge on any atom is -0.355 e. The van der Waals surface area contributed by atoms with Crippen molar-refractivity contribution >= 4 is 34.7 Å². The maximum Gasteiger partial charge on any atom is 0.417 e. The van der Waals surface area contributed by atoms with E-state index in [1.54, 1.807) is 0 Å². The molecule has 0 bridgehead atoms. The van der Waals surface area contributed by atoms with Gasteiger partial charge in [0.15, 0.2) is 0 Å². The highest BCUT2D eigenvalue weighted by Gasteiger charge is 2.40. The molecule has 7 nitrogen and oxygen atoms in total. The quantitative estimate of drug-likeness (QED) is 0.416. The number of rotatable bonds is 6. The molecular formula is C25H27F4N3O4S. The molecule has 1 aromatic carbocycles. The Hall–Kier alpha value is -2.89. The van der Waals surface area contributed by atoms with Gasteiger partial charge in [-0.2, -0.15) is 13.2 Å². The minimum absolute atomic E-state index is 0.00909. The van der Waals surface area contributed by atoms with Crippen LogP contribution in [0.15, 0.2) is 28.7 Å². The third-order valence-electron chi connectivity index (χ3n) is 6.99. The number of thioether (sulfide) groups is 1. The number of benzene rings is 1. The van der Waals surface area contributed by atoms with Gasteiger partial charge in [-0.15, -0.1) is 0 Å². The molecule has 1 aromatic rings. The lowest BCUT2D eigenvalue weighted by Crippen LogP contribution is -2.40. The third-order valence-corrected chi connectivity index (χ3v) is 8.06. The zero-order valence-corrected chi connectivity index (χ0v) is 20.9. The summed E-state index contributed by atoms with van der Waals surface area (Å²) in [6, 6.07) is 1.77. The van der Waals surface area contributed by atoms with Gasteiger partial charge in [0.1, 0.15) is 12.4 Å². The first-order valence-electron chi connectivity index (χ1n) is 12.2. The van der Waals surface area contributed by atoms with Gasteiger partial charge in [-0.1, -0.05) is 25.7 Å². The van der Waals surface area contributed by atoms with E-state index in [0.717, 1.165) is 35.9 Å². The summed E-state index contributed by atoms with van der Waals surface area (Å²) in [5, 5.41) is 2.20. The summed E-state index contributed by atoms with van der Waals surface area (Å²) < 4.78 is 53.6. The smallest absolute Gasteiger partial charge is 0.355 e. The second kappa shape index (κ2) is 11.2. The number of nitrogens with one attached hydrogen (secondary N) is 1. The fraction of sp³-hybridized carbons (Fsp3) is 0.520. The van der Waals surface area contributed by atoms with E-state index in [9.17, 15) is 36.7 Å². The summed E-state index contributed by atoms with van der Waals surface area (Å²) in [4.78, 5) is 52.6. The van der Waals surface area contributed by atoms with Crippen LogP contribution < -0.4 is 5.32 Å². The van der Waals surface area contributed by atoms with Gasteiger partial charge >= 0.3 is 6.18 Å². The molecule has 37 heavy (non-hydrogen) atoms. The highest BCUT2D eigenvalue weighted by atomic mass is 32.2.